The van der Waals surface area contributed by atoms with E-state index in [-0.39, 0.29) is 12.1 Å². The molecular formula is C24H33N3O3S. The molecule has 2 aliphatic rings. The molecule has 6 nitrogen and oxygen atoms in total. The Kier molecular flexibility index (Phi) is 7.02. The molecule has 0 radical (unpaired) electrons. The summed E-state index contributed by atoms with van der Waals surface area (Å²) >= 11 is 1.78. The maximum absolute atomic E-state index is 13.0. The summed E-state index contributed by atoms with van der Waals surface area (Å²) in [4.78, 5) is 18.8. The smallest absolute Gasteiger partial charge is 0.317 e. The maximum atomic E-state index is 13.0. The van der Waals surface area contributed by atoms with Gasteiger partial charge in [0.05, 0.1) is 20.3 Å². The highest BCUT2D eigenvalue weighted by molar-refractivity contribution is 7.10. The van der Waals surface area contributed by atoms with Gasteiger partial charge in [-0.2, -0.15) is 0 Å². The summed E-state index contributed by atoms with van der Waals surface area (Å²) in [6.45, 7) is 6.46. The Bertz CT molecular complexity index is 878. The van der Waals surface area contributed by atoms with Crippen LogP contribution >= 0.6 is 11.3 Å². The van der Waals surface area contributed by atoms with Crippen molar-refractivity contribution in [3.8, 4) is 11.5 Å². The van der Waals surface area contributed by atoms with Crippen LogP contribution in [0.2, 0.25) is 0 Å². The van der Waals surface area contributed by atoms with Crippen molar-refractivity contribution in [1.29, 1.82) is 0 Å². The fourth-order valence-corrected chi connectivity index (χ4v) is 5.44. The average Bonchev–Trinajstić information content (AvgIpc) is 3.33. The number of carbonyl (C=O) groups excluding carboxylic acids is 1. The minimum absolute atomic E-state index is 0.00682. The van der Waals surface area contributed by atoms with Crippen molar-refractivity contribution in [2.24, 2.45) is 5.92 Å². The molecule has 0 spiro atoms. The Morgan fingerprint density at radius 2 is 1.87 bits per heavy atom. The molecule has 31 heavy (non-hydrogen) atoms. The molecule has 2 aromatic rings. The van der Waals surface area contributed by atoms with Crippen LogP contribution < -0.4 is 14.8 Å². The first kappa shape index (κ1) is 22.0. The van der Waals surface area contributed by atoms with Crippen molar-refractivity contribution in [2.75, 3.05) is 40.4 Å². The summed E-state index contributed by atoms with van der Waals surface area (Å²) in [7, 11) is 3.30. The van der Waals surface area contributed by atoms with E-state index in [1.165, 1.54) is 23.3 Å². The van der Waals surface area contributed by atoms with Crippen LogP contribution in [0.15, 0.2) is 29.6 Å². The van der Waals surface area contributed by atoms with Gasteiger partial charge in [0.2, 0.25) is 0 Å². The van der Waals surface area contributed by atoms with Gasteiger partial charge in [-0.15, -0.1) is 11.3 Å². The van der Waals surface area contributed by atoms with E-state index in [4.69, 9.17) is 9.47 Å². The minimum atomic E-state index is 0.00682. The van der Waals surface area contributed by atoms with Gasteiger partial charge < -0.3 is 19.7 Å². The standard InChI is InChI=1S/C24H33N3O3S/c1-17-6-9-26(10-7-17)20(23-5-4-12-31-23)15-25-24(28)27-11-8-18-13-21(29-2)22(30-3)14-19(18)16-27/h4-5,12-14,17,20H,6-11,15-16H2,1-3H3,(H,25,28)/t20-/m1/s1. The Labute approximate surface area is 189 Å². The lowest BCUT2D eigenvalue weighted by molar-refractivity contribution is 0.134. The number of carbonyl (C=O) groups is 1. The molecular weight excluding hydrogens is 410 g/mol. The van der Waals surface area contributed by atoms with Crippen molar-refractivity contribution in [1.82, 2.24) is 15.1 Å². The molecule has 168 valence electrons. The molecule has 7 heteroatoms. The summed E-state index contributed by atoms with van der Waals surface area (Å²) in [5, 5.41) is 5.35. The normalized spacial score (nSPS) is 18.4. The van der Waals surface area contributed by atoms with E-state index in [1.54, 1.807) is 25.6 Å². The number of amides is 2. The summed E-state index contributed by atoms with van der Waals surface area (Å²) < 4.78 is 10.9. The second-order valence-corrected chi connectivity index (χ2v) is 9.56. The van der Waals surface area contributed by atoms with Crippen LogP contribution in [-0.2, 0) is 13.0 Å². The first-order chi connectivity index (χ1) is 15.1. The van der Waals surface area contributed by atoms with Gasteiger partial charge in [0, 0.05) is 24.5 Å². The predicted octanol–water partition coefficient (Wildman–Crippen LogP) is 4.31. The zero-order valence-electron chi connectivity index (χ0n) is 18.7. The highest BCUT2D eigenvalue weighted by Gasteiger charge is 2.27. The molecule has 0 unspecified atom stereocenters. The number of nitrogens with zero attached hydrogens (tertiary/aromatic N) is 2. The highest BCUT2D eigenvalue weighted by atomic mass is 32.1. The summed E-state index contributed by atoms with van der Waals surface area (Å²) in [5.74, 6) is 2.24. The van der Waals surface area contributed by atoms with Crippen LogP contribution in [0.4, 0.5) is 4.79 Å². The third-order valence-corrected chi connectivity index (χ3v) is 7.56. The van der Waals surface area contributed by atoms with Crippen LogP contribution in [0.3, 0.4) is 0 Å². The first-order valence-corrected chi connectivity index (χ1v) is 12.0. The predicted molar refractivity (Wildman–Crippen MR) is 124 cm³/mol. The molecule has 1 aromatic heterocycles. The molecule has 1 N–H and O–H groups in total. The number of urea groups is 1. The van der Waals surface area contributed by atoms with E-state index in [0.29, 0.717) is 25.4 Å². The number of hydrogen-bond donors (Lipinski definition) is 1. The van der Waals surface area contributed by atoms with Crippen LogP contribution in [-0.4, -0.2) is 56.2 Å². The van der Waals surface area contributed by atoms with Crippen molar-refractivity contribution < 1.29 is 14.3 Å². The molecule has 4 rings (SSSR count). The lowest BCUT2D eigenvalue weighted by Gasteiger charge is -2.37. The second-order valence-electron chi connectivity index (χ2n) is 8.58. The van der Waals surface area contributed by atoms with E-state index in [0.717, 1.165) is 36.7 Å². The largest absolute Gasteiger partial charge is 0.493 e. The van der Waals surface area contributed by atoms with Gasteiger partial charge in [-0.25, -0.2) is 4.79 Å². The third kappa shape index (κ3) is 4.99. The molecule has 1 saturated heterocycles. The maximum Gasteiger partial charge on any atom is 0.317 e. The summed E-state index contributed by atoms with van der Waals surface area (Å²) in [5.41, 5.74) is 2.35. The quantitative estimate of drug-likeness (QED) is 0.723. The van der Waals surface area contributed by atoms with Gasteiger partial charge in [0.1, 0.15) is 0 Å². The van der Waals surface area contributed by atoms with E-state index in [2.05, 4.69) is 34.7 Å². The molecule has 0 aliphatic carbocycles. The van der Waals surface area contributed by atoms with Gasteiger partial charge in [-0.3, -0.25) is 4.90 Å². The van der Waals surface area contributed by atoms with Crippen LogP contribution in [0, 0.1) is 5.92 Å². The first-order valence-electron chi connectivity index (χ1n) is 11.1. The lowest BCUT2D eigenvalue weighted by Crippen LogP contribution is -2.47. The monoisotopic (exact) mass is 443 g/mol. The molecule has 0 bridgehead atoms. The average molecular weight is 444 g/mol. The van der Waals surface area contributed by atoms with Crippen molar-refractivity contribution in [3.63, 3.8) is 0 Å². The zero-order valence-corrected chi connectivity index (χ0v) is 19.5. The number of piperidine rings is 1. The topological polar surface area (TPSA) is 54.0 Å². The van der Waals surface area contributed by atoms with E-state index in [1.807, 2.05) is 17.0 Å². The third-order valence-electron chi connectivity index (χ3n) is 6.58. The number of nitrogens with one attached hydrogen (secondary N) is 1. The Balaban J connectivity index is 1.40. The zero-order chi connectivity index (χ0) is 21.8. The molecule has 2 amide bonds. The fraction of sp³-hybridized carbons (Fsp3) is 0.542. The van der Waals surface area contributed by atoms with Crippen LogP contribution in [0.5, 0.6) is 11.5 Å². The number of hydrogen-bond acceptors (Lipinski definition) is 5. The minimum Gasteiger partial charge on any atom is -0.493 e. The number of methoxy groups -OCH3 is 2. The number of fused-ring (bicyclic) bond motifs is 1. The van der Waals surface area contributed by atoms with Gasteiger partial charge in [0.25, 0.3) is 0 Å². The van der Waals surface area contributed by atoms with Crippen molar-refractivity contribution >= 4 is 17.4 Å². The van der Waals surface area contributed by atoms with Crippen LogP contribution in [0.1, 0.15) is 41.8 Å². The summed E-state index contributed by atoms with van der Waals surface area (Å²) in [6, 6.07) is 8.58. The number of benzene rings is 1. The van der Waals surface area contributed by atoms with E-state index >= 15 is 0 Å². The Morgan fingerprint density at radius 1 is 1.16 bits per heavy atom. The SMILES string of the molecule is COc1cc2c(cc1OC)CN(C(=O)NC[C@H](c1cccs1)N1CCC(C)CC1)CC2. The number of thiophene rings is 1. The van der Waals surface area contributed by atoms with Gasteiger partial charge in [-0.1, -0.05) is 13.0 Å². The molecule has 1 atom stereocenters. The van der Waals surface area contributed by atoms with Gasteiger partial charge >= 0.3 is 6.03 Å². The van der Waals surface area contributed by atoms with Crippen LogP contribution in [0.25, 0.3) is 0 Å². The Morgan fingerprint density at radius 3 is 2.52 bits per heavy atom. The second kappa shape index (κ2) is 9.92. The number of likely N-dealkylation sites (tertiary alicyclic amines) is 1. The molecule has 2 aliphatic heterocycles. The number of ether oxygens (including phenoxy) is 2. The van der Waals surface area contributed by atoms with Gasteiger partial charge in [-0.05, 0) is 73.0 Å². The van der Waals surface area contributed by atoms with Crippen molar-refractivity contribution in [2.45, 2.75) is 38.8 Å². The molecule has 3 heterocycles. The fourth-order valence-electron chi connectivity index (χ4n) is 4.58. The molecule has 0 saturated carbocycles. The Hall–Kier alpha value is -2.25. The van der Waals surface area contributed by atoms with Gasteiger partial charge in [0.15, 0.2) is 11.5 Å². The number of rotatable bonds is 6. The van der Waals surface area contributed by atoms with E-state index < -0.39 is 0 Å². The van der Waals surface area contributed by atoms with E-state index in [9.17, 15) is 4.79 Å². The molecule has 1 fully saturated rings. The lowest BCUT2D eigenvalue weighted by atomic mass is 9.97. The highest BCUT2D eigenvalue weighted by Crippen LogP contribution is 2.33. The van der Waals surface area contributed by atoms with Crippen molar-refractivity contribution in [3.05, 3.63) is 45.6 Å². The summed E-state index contributed by atoms with van der Waals surface area (Å²) in [6.07, 6.45) is 3.27. The molecule has 1 aromatic carbocycles.